The van der Waals surface area contributed by atoms with Crippen molar-refractivity contribution in [3.63, 3.8) is 0 Å². The van der Waals surface area contributed by atoms with Gasteiger partial charge in [-0.1, -0.05) is 48.5 Å². The number of rotatable bonds is 5. The van der Waals surface area contributed by atoms with Crippen LogP contribution < -0.4 is 10.2 Å². The molecule has 3 rings (SSSR count). The Kier molecular flexibility index (Phi) is 4.87. The fourth-order valence-corrected chi connectivity index (χ4v) is 2.79. The molecule has 0 spiro atoms. The Hall–Kier alpha value is -2.72. The summed E-state index contributed by atoms with van der Waals surface area (Å²) in [5, 5.41) is 5.02. The second-order valence-electron chi connectivity index (χ2n) is 6.02. The highest BCUT2D eigenvalue weighted by Crippen LogP contribution is 2.15. The predicted octanol–water partition coefficient (Wildman–Crippen LogP) is 2.63. The highest BCUT2D eigenvalue weighted by atomic mass is 19.1. The van der Waals surface area contributed by atoms with Crippen molar-refractivity contribution in [2.24, 2.45) is 0 Å². The summed E-state index contributed by atoms with van der Waals surface area (Å²) in [7, 11) is 1.95. The molecule has 0 aliphatic rings. The lowest BCUT2D eigenvalue weighted by atomic mass is 10.1. The van der Waals surface area contributed by atoms with Crippen LogP contribution in [0.3, 0.4) is 0 Å². The van der Waals surface area contributed by atoms with Crippen LogP contribution >= 0.6 is 0 Å². The zero-order chi connectivity index (χ0) is 16.9. The van der Waals surface area contributed by atoms with Crippen LogP contribution in [0, 0.1) is 5.82 Å². The molecule has 0 radical (unpaired) electrons. The van der Waals surface area contributed by atoms with Crippen molar-refractivity contribution in [3.05, 3.63) is 78.1 Å². The smallest absolute Gasteiger partial charge is 0.279 e. The van der Waals surface area contributed by atoms with E-state index in [9.17, 15) is 9.18 Å². The quantitative estimate of drug-likeness (QED) is 0.743. The number of hydrogen-bond acceptors (Lipinski definition) is 1. The number of carbonyl (C=O) groups excluding carboxylic acids is 1. The monoisotopic (exact) mass is 323 g/mol. The van der Waals surface area contributed by atoms with E-state index in [4.69, 9.17) is 0 Å². The van der Waals surface area contributed by atoms with Crippen LogP contribution in [0.5, 0.6) is 0 Å². The van der Waals surface area contributed by atoms with Gasteiger partial charge in [-0.25, -0.2) is 4.39 Å². The van der Waals surface area contributed by atoms with Gasteiger partial charge in [0.1, 0.15) is 12.4 Å². The largest absolute Gasteiger partial charge is 0.326 e. The van der Waals surface area contributed by atoms with E-state index in [1.54, 1.807) is 18.2 Å². The number of fused-ring (bicyclic) bond motifs is 1. The van der Waals surface area contributed by atoms with Gasteiger partial charge < -0.3 is 10.2 Å². The SMILES string of the molecule is C[NH+](CC(=O)Nc1ccccc1F)Cc1ccc2ccccc2c1. The molecule has 0 aromatic heterocycles. The number of anilines is 1. The van der Waals surface area contributed by atoms with E-state index in [0.717, 1.165) is 11.4 Å². The Bertz CT molecular complexity index is 863. The number of amides is 1. The van der Waals surface area contributed by atoms with Crippen molar-refractivity contribution >= 4 is 22.4 Å². The van der Waals surface area contributed by atoms with Crippen LogP contribution in [0.1, 0.15) is 5.56 Å². The Balaban J connectivity index is 1.61. The molecule has 24 heavy (non-hydrogen) atoms. The number of benzene rings is 3. The van der Waals surface area contributed by atoms with Gasteiger partial charge >= 0.3 is 0 Å². The summed E-state index contributed by atoms with van der Waals surface area (Å²) in [6.07, 6.45) is 0. The summed E-state index contributed by atoms with van der Waals surface area (Å²) in [4.78, 5) is 13.1. The van der Waals surface area contributed by atoms with Gasteiger partial charge in [0.05, 0.1) is 12.7 Å². The summed E-state index contributed by atoms with van der Waals surface area (Å²) in [6.45, 7) is 1.01. The summed E-state index contributed by atoms with van der Waals surface area (Å²) in [5.41, 5.74) is 1.39. The van der Waals surface area contributed by atoms with Gasteiger partial charge in [0.25, 0.3) is 5.91 Å². The van der Waals surface area contributed by atoms with Crippen molar-refractivity contribution in [1.29, 1.82) is 0 Å². The molecule has 1 unspecified atom stereocenters. The van der Waals surface area contributed by atoms with Gasteiger partial charge in [0.15, 0.2) is 6.54 Å². The van der Waals surface area contributed by atoms with E-state index in [2.05, 4.69) is 35.6 Å². The van der Waals surface area contributed by atoms with Crippen LogP contribution in [0.15, 0.2) is 66.7 Å². The minimum absolute atomic E-state index is 0.196. The maximum Gasteiger partial charge on any atom is 0.279 e. The Morgan fingerprint density at radius 2 is 1.71 bits per heavy atom. The molecule has 1 amide bonds. The first-order valence-electron chi connectivity index (χ1n) is 7.95. The molecule has 3 aromatic rings. The zero-order valence-electron chi connectivity index (χ0n) is 13.6. The second-order valence-corrected chi connectivity index (χ2v) is 6.02. The van der Waals surface area contributed by atoms with Crippen molar-refractivity contribution in [3.8, 4) is 0 Å². The van der Waals surface area contributed by atoms with Crippen molar-refractivity contribution < 1.29 is 14.1 Å². The minimum Gasteiger partial charge on any atom is -0.326 e. The number of carbonyl (C=O) groups is 1. The highest BCUT2D eigenvalue weighted by molar-refractivity contribution is 5.91. The Morgan fingerprint density at radius 1 is 1.00 bits per heavy atom. The molecule has 0 saturated carbocycles. The molecule has 0 heterocycles. The maximum absolute atomic E-state index is 13.6. The second kappa shape index (κ2) is 7.23. The van der Waals surface area contributed by atoms with Crippen LogP contribution in [-0.4, -0.2) is 19.5 Å². The number of para-hydroxylation sites is 1. The lowest BCUT2D eigenvalue weighted by Gasteiger charge is -2.14. The fourth-order valence-electron chi connectivity index (χ4n) is 2.79. The highest BCUT2D eigenvalue weighted by Gasteiger charge is 2.12. The predicted molar refractivity (Wildman–Crippen MR) is 94.4 cm³/mol. The third-order valence-electron chi connectivity index (χ3n) is 3.93. The van der Waals surface area contributed by atoms with Crippen LogP contribution in [0.2, 0.25) is 0 Å². The summed E-state index contributed by atoms with van der Waals surface area (Å²) in [5.74, 6) is -0.614. The molecular weight excluding hydrogens is 303 g/mol. The molecular formula is C20H20FN2O+. The molecule has 2 N–H and O–H groups in total. The van der Waals surface area contributed by atoms with Gasteiger partial charge in [-0.15, -0.1) is 0 Å². The zero-order valence-corrected chi connectivity index (χ0v) is 13.6. The van der Waals surface area contributed by atoms with Crippen molar-refractivity contribution in [2.75, 3.05) is 18.9 Å². The van der Waals surface area contributed by atoms with E-state index >= 15 is 0 Å². The molecule has 0 fully saturated rings. The molecule has 3 nitrogen and oxygen atoms in total. The van der Waals surface area contributed by atoms with Crippen LogP contribution in [0.4, 0.5) is 10.1 Å². The van der Waals surface area contributed by atoms with E-state index in [0.29, 0.717) is 0 Å². The molecule has 0 aliphatic carbocycles. The summed E-state index contributed by atoms with van der Waals surface area (Å²) >= 11 is 0. The number of nitrogens with one attached hydrogen (secondary N) is 2. The van der Waals surface area contributed by atoms with Gasteiger partial charge in [-0.3, -0.25) is 4.79 Å². The van der Waals surface area contributed by atoms with E-state index in [-0.39, 0.29) is 18.1 Å². The molecule has 0 saturated heterocycles. The van der Waals surface area contributed by atoms with Gasteiger partial charge in [-0.05, 0) is 29.0 Å². The third-order valence-corrected chi connectivity index (χ3v) is 3.93. The van der Waals surface area contributed by atoms with Gasteiger partial charge in [0.2, 0.25) is 0 Å². The topological polar surface area (TPSA) is 33.5 Å². The summed E-state index contributed by atoms with van der Waals surface area (Å²) in [6, 6.07) is 20.7. The van der Waals surface area contributed by atoms with E-state index < -0.39 is 5.82 Å². The number of quaternary nitrogens is 1. The lowest BCUT2D eigenvalue weighted by Crippen LogP contribution is -3.08. The van der Waals surface area contributed by atoms with Crippen molar-refractivity contribution in [2.45, 2.75) is 6.54 Å². The van der Waals surface area contributed by atoms with Crippen molar-refractivity contribution in [1.82, 2.24) is 0 Å². The van der Waals surface area contributed by atoms with Crippen LogP contribution in [-0.2, 0) is 11.3 Å². The number of halogens is 1. The first kappa shape index (κ1) is 16.1. The standard InChI is InChI=1S/C20H19FN2O/c1-23(14-20(24)22-19-9-5-4-8-18(19)21)13-15-10-11-16-6-2-3-7-17(16)12-15/h2-12H,13-14H2,1H3,(H,22,24)/p+1. The Morgan fingerprint density at radius 3 is 2.50 bits per heavy atom. The minimum atomic E-state index is -0.418. The number of hydrogen-bond donors (Lipinski definition) is 2. The summed E-state index contributed by atoms with van der Waals surface area (Å²) < 4.78 is 13.6. The molecule has 4 heteroatoms. The van der Waals surface area contributed by atoms with Gasteiger partial charge in [-0.2, -0.15) is 0 Å². The normalized spacial score (nSPS) is 12.1. The van der Waals surface area contributed by atoms with E-state index in [1.165, 1.54) is 22.4 Å². The van der Waals surface area contributed by atoms with Crippen LogP contribution in [0.25, 0.3) is 10.8 Å². The Labute approximate surface area is 140 Å². The molecule has 1 atom stereocenters. The third kappa shape index (κ3) is 3.97. The molecule has 122 valence electrons. The lowest BCUT2D eigenvalue weighted by molar-refractivity contribution is -0.885. The number of likely N-dealkylation sites (N-methyl/N-ethyl adjacent to an activating group) is 1. The molecule has 0 bridgehead atoms. The fraction of sp³-hybridized carbons (Fsp3) is 0.150. The average molecular weight is 323 g/mol. The van der Waals surface area contributed by atoms with Gasteiger partial charge in [0, 0.05) is 5.56 Å². The molecule has 3 aromatic carbocycles. The first-order valence-corrected chi connectivity index (χ1v) is 7.95. The first-order chi connectivity index (χ1) is 11.6. The maximum atomic E-state index is 13.6. The molecule has 0 aliphatic heterocycles. The van der Waals surface area contributed by atoms with E-state index in [1.807, 2.05) is 19.2 Å². The average Bonchev–Trinajstić information content (AvgIpc) is 2.56.